The van der Waals surface area contributed by atoms with E-state index in [1.807, 2.05) is 20.9 Å². The van der Waals surface area contributed by atoms with Gasteiger partial charge in [0.1, 0.15) is 0 Å². The molecule has 17 heavy (non-hydrogen) atoms. The molecule has 0 radical (unpaired) electrons. The fraction of sp³-hybridized carbons (Fsp3) is 0.750. The maximum absolute atomic E-state index is 10.3. The number of aryl methyl sites for hydroxylation is 2. The third kappa shape index (κ3) is 2.34. The number of halogens is 1. The zero-order valence-corrected chi connectivity index (χ0v) is 11.3. The zero-order chi connectivity index (χ0) is 12.6. The van der Waals surface area contributed by atoms with Crippen LogP contribution in [0.2, 0.25) is 5.02 Å². The first-order valence-electron chi connectivity index (χ1n) is 5.94. The Labute approximate surface area is 107 Å². The lowest BCUT2D eigenvalue weighted by Gasteiger charge is -2.29. The van der Waals surface area contributed by atoms with Gasteiger partial charge in [-0.3, -0.25) is 4.68 Å². The van der Waals surface area contributed by atoms with Crippen LogP contribution in [0.3, 0.4) is 0 Å². The van der Waals surface area contributed by atoms with Gasteiger partial charge in [-0.25, -0.2) is 0 Å². The fourth-order valence-corrected chi connectivity index (χ4v) is 2.60. The molecule has 2 atom stereocenters. The molecule has 0 bridgehead atoms. The number of hydrogen-bond acceptors (Lipinski definition) is 3. The number of aliphatic hydroxyl groups excluding tert-OH is 1. The summed E-state index contributed by atoms with van der Waals surface area (Å²) in [5.74, 6) is 0. The molecule has 1 aromatic heterocycles. The maximum atomic E-state index is 10.3. The quantitative estimate of drug-likeness (QED) is 0.900. The van der Waals surface area contributed by atoms with Gasteiger partial charge in [-0.15, -0.1) is 0 Å². The summed E-state index contributed by atoms with van der Waals surface area (Å²) in [4.78, 5) is 0. The minimum absolute atomic E-state index is 0.443. The summed E-state index contributed by atoms with van der Waals surface area (Å²) in [5.41, 5.74) is 1.23. The van der Waals surface area contributed by atoms with Crippen molar-refractivity contribution < 1.29 is 9.84 Å². The summed E-state index contributed by atoms with van der Waals surface area (Å²) in [5, 5.41) is 15.2. The SMILES string of the molecule is Cc1nn(C)c(CC(O)C2(C)CCCO2)c1Cl. The molecule has 1 fully saturated rings. The van der Waals surface area contributed by atoms with Crippen LogP contribution in [0.25, 0.3) is 0 Å². The first-order chi connectivity index (χ1) is 7.94. The fourth-order valence-electron chi connectivity index (χ4n) is 2.36. The molecule has 1 saturated heterocycles. The second kappa shape index (κ2) is 4.59. The van der Waals surface area contributed by atoms with Crippen LogP contribution in [0, 0.1) is 6.92 Å². The van der Waals surface area contributed by atoms with Gasteiger partial charge in [-0.1, -0.05) is 11.6 Å². The van der Waals surface area contributed by atoms with E-state index in [0.29, 0.717) is 11.4 Å². The van der Waals surface area contributed by atoms with Crippen molar-refractivity contribution in [1.82, 2.24) is 9.78 Å². The van der Waals surface area contributed by atoms with E-state index in [-0.39, 0.29) is 0 Å². The highest BCUT2D eigenvalue weighted by Gasteiger charge is 2.38. The Morgan fingerprint density at radius 1 is 1.65 bits per heavy atom. The molecular formula is C12H19ClN2O2. The minimum atomic E-state index is -0.544. The average Bonchev–Trinajstić information content (AvgIpc) is 2.80. The Kier molecular flexibility index (Phi) is 3.48. The first-order valence-corrected chi connectivity index (χ1v) is 6.32. The average molecular weight is 259 g/mol. The third-order valence-corrected chi connectivity index (χ3v) is 4.09. The van der Waals surface area contributed by atoms with E-state index in [1.165, 1.54) is 0 Å². The number of hydrogen-bond donors (Lipinski definition) is 1. The van der Waals surface area contributed by atoms with Gasteiger partial charge < -0.3 is 9.84 Å². The van der Waals surface area contributed by atoms with E-state index in [9.17, 15) is 5.11 Å². The van der Waals surface area contributed by atoms with Crippen molar-refractivity contribution in [2.75, 3.05) is 6.61 Å². The molecule has 5 heteroatoms. The summed E-state index contributed by atoms with van der Waals surface area (Å²) >= 11 is 6.17. The smallest absolute Gasteiger partial charge is 0.0916 e. The van der Waals surface area contributed by atoms with Crippen LogP contribution < -0.4 is 0 Å². The molecule has 0 amide bonds. The van der Waals surface area contributed by atoms with Crippen LogP contribution in [0.5, 0.6) is 0 Å². The molecule has 1 aliphatic rings. The first kappa shape index (κ1) is 12.9. The summed E-state index contributed by atoms with van der Waals surface area (Å²) in [7, 11) is 1.85. The number of rotatable bonds is 3. The normalized spacial score (nSPS) is 26.4. The molecule has 0 spiro atoms. The van der Waals surface area contributed by atoms with E-state index in [0.717, 1.165) is 30.8 Å². The Morgan fingerprint density at radius 2 is 2.35 bits per heavy atom. The van der Waals surface area contributed by atoms with E-state index in [4.69, 9.17) is 16.3 Å². The van der Waals surface area contributed by atoms with E-state index in [1.54, 1.807) is 4.68 Å². The second-order valence-electron chi connectivity index (χ2n) is 4.95. The molecule has 4 nitrogen and oxygen atoms in total. The Morgan fingerprint density at radius 3 is 2.82 bits per heavy atom. The summed E-state index contributed by atoms with van der Waals surface area (Å²) in [6.45, 7) is 4.56. The number of aliphatic hydroxyl groups is 1. The summed E-state index contributed by atoms with van der Waals surface area (Å²) in [6, 6.07) is 0. The minimum Gasteiger partial charge on any atom is -0.390 e. The van der Waals surface area contributed by atoms with Crippen molar-refractivity contribution in [3.05, 3.63) is 16.4 Å². The van der Waals surface area contributed by atoms with Crippen LogP contribution in [0.1, 0.15) is 31.2 Å². The summed E-state index contributed by atoms with van der Waals surface area (Å²) < 4.78 is 7.37. The van der Waals surface area contributed by atoms with Crippen molar-refractivity contribution in [2.24, 2.45) is 7.05 Å². The zero-order valence-electron chi connectivity index (χ0n) is 10.5. The van der Waals surface area contributed by atoms with Crippen LogP contribution in [0.15, 0.2) is 0 Å². The number of nitrogens with zero attached hydrogens (tertiary/aromatic N) is 2. The van der Waals surface area contributed by atoms with Gasteiger partial charge in [0.2, 0.25) is 0 Å². The van der Waals surface area contributed by atoms with Gasteiger partial charge in [0.05, 0.1) is 28.1 Å². The third-order valence-electron chi connectivity index (χ3n) is 3.60. The van der Waals surface area contributed by atoms with Crippen molar-refractivity contribution in [3.8, 4) is 0 Å². The molecule has 0 aromatic carbocycles. The molecule has 2 unspecified atom stereocenters. The molecule has 1 N–H and O–H groups in total. The van der Waals surface area contributed by atoms with Crippen molar-refractivity contribution >= 4 is 11.6 Å². The highest BCUT2D eigenvalue weighted by atomic mass is 35.5. The molecule has 1 aliphatic heterocycles. The van der Waals surface area contributed by atoms with Gasteiger partial charge in [0.25, 0.3) is 0 Å². The molecule has 2 heterocycles. The van der Waals surface area contributed by atoms with Crippen LogP contribution >= 0.6 is 11.6 Å². The monoisotopic (exact) mass is 258 g/mol. The van der Waals surface area contributed by atoms with Gasteiger partial charge in [0.15, 0.2) is 0 Å². The van der Waals surface area contributed by atoms with Gasteiger partial charge >= 0.3 is 0 Å². The lowest BCUT2D eigenvalue weighted by molar-refractivity contribution is -0.0773. The van der Waals surface area contributed by atoms with Gasteiger partial charge in [-0.05, 0) is 26.7 Å². The number of aromatic nitrogens is 2. The molecular weight excluding hydrogens is 240 g/mol. The lowest BCUT2D eigenvalue weighted by Crippen LogP contribution is -2.40. The number of ether oxygens (including phenoxy) is 1. The van der Waals surface area contributed by atoms with E-state index < -0.39 is 11.7 Å². The van der Waals surface area contributed by atoms with Crippen LogP contribution in [-0.4, -0.2) is 33.2 Å². The highest BCUT2D eigenvalue weighted by molar-refractivity contribution is 6.31. The van der Waals surface area contributed by atoms with Gasteiger partial charge in [0, 0.05) is 20.1 Å². The highest BCUT2D eigenvalue weighted by Crippen LogP contribution is 2.31. The standard InChI is InChI=1S/C12H19ClN2O2/c1-8-11(13)9(15(3)14-8)7-10(16)12(2)5-4-6-17-12/h10,16H,4-7H2,1-3H3. The topological polar surface area (TPSA) is 47.3 Å². The molecule has 1 aromatic rings. The Hall–Kier alpha value is -0.580. The van der Waals surface area contributed by atoms with Gasteiger partial charge in [-0.2, -0.15) is 5.10 Å². The van der Waals surface area contributed by atoms with E-state index >= 15 is 0 Å². The van der Waals surface area contributed by atoms with E-state index in [2.05, 4.69) is 5.10 Å². The lowest BCUT2D eigenvalue weighted by atomic mass is 9.92. The molecule has 0 aliphatic carbocycles. The molecule has 2 rings (SSSR count). The van der Waals surface area contributed by atoms with Crippen LogP contribution in [0.4, 0.5) is 0 Å². The largest absolute Gasteiger partial charge is 0.390 e. The Balaban J connectivity index is 2.15. The predicted octanol–water partition coefficient (Wildman–Crippen LogP) is 1.85. The molecule has 96 valence electrons. The predicted molar refractivity (Wildman–Crippen MR) is 66.3 cm³/mol. The van der Waals surface area contributed by atoms with Crippen molar-refractivity contribution in [1.29, 1.82) is 0 Å². The molecule has 0 saturated carbocycles. The Bertz CT molecular complexity index is 411. The second-order valence-corrected chi connectivity index (χ2v) is 5.33. The van der Waals surface area contributed by atoms with Crippen molar-refractivity contribution in [2.45, 2.75) is 44.8 Å². The van der Waals surface area contributed by atoms with Crippen molar-refractivity contribution in [3.63, 3.8) is 0 Å². The van der Waals surface area contributed by atoms with Crippen LogP contribution in [-0.2, 0) is 18.2 Å². The summed E-state index contributed by atoms with van der Waals surface area (Å²) in [6.07, 6.45) is 1.83. The maximum Gasteiger partial charge on any atom is 0.0916 e.